The second kappa shape index (κ2) is 5.43. The molecule has 1 amide bonds. The molecule has 2 N–H and O–H groups in total. The number of rotatable bonds is 4. The van der Waals surface area contributed by atoms with Crippen molar-refractivity contribution in [2.24, 2.45) is 11.7 Å². The van der Waals surface area contributed by atoms with Gasteiger partial charge in [-0.25, -0.2) is 0 Å². The average Bonchev–Trinajstić information content (AvgIpc) is 2.27. The van der Waals surface area contributed by atoms with E-state index in [1.165, 1.54) is 0 Å². The molecule has 4 nitrogen and oxygen atoms in total. The number of carbonyl (C=O) groups excluding carboxylic acids is 2. The Morgan fingerprint density at radius 1 is 1.44 bits per heavy atom. The molecular formula is C12H22N2O2. The summed E-state index contributed by atoms with van der Waals surface area (Å²) in [5, 5.41) is 0. The fourth-order valence-electron chi connectivity index (χ4n) is 2.39. The van der Waals surface area contributed by atoms with E-state index >= 15 is 0 Å². The number of primary amides is 1. The Balaban J connectivity index is 2.69. The first-order valence-corrected chi connectivity index (χ1v) is 6.05. The number of hydrogen-bond acceptors (Lipinski definition) is 3. The van der Waals surface area contributed by atoms with Gasteiger partial charge in [-0.1, -0.05) is 6.92 Å². The summed E-state index contributed by atoms with van der Waals surface area (Å²) in [4.78, 5) is 25.0. The number of nitrogens with zero attached hydrogens (tertiary/aromatic N) is 1. The van der Waals surface area contributed by atoms with Crippen LogP contribution in [0.5, 0.6) is 0 Å². The van der Waals surface area contributed by atoms with Gasteiger partial charge in [-0.2, -0.15) is 0 Å². The predicted molar refractivity (Wildman–Crippen MR) is 62.8 cm³/mol. The Hall–Kier alpha value is -0.900. The normalized spacial score (nSPS) is 28.7. The third kappa shape index (κ3) is 2.82. The first-order valence-electron chi connectivity index (χ1n) is 6.05. The molecule has 0 aromatic heterocycles. The second-order valence-corrected chi connectivity index (χ2v) is 4.72. The molecule has 1 heterocycles. The van der Waals surface area contributed by atoms with E-state index in [1.807, 2.05) is 13.8 Å². The van der Waals surface area contributed by atoms with Crippen LogP contribution >= 0.6 is 0 Å². The van der Waals surface area contributed by atoms with Gasteiger partial charge < -0.3 is 5.73 Å². The number of piperidine rings is 1. The van der Waals surface area contributed by atoms with Crippen LogP contribution in [0.3, 0.4) is 0 Å². The van der Waals surface area contributed by atoms with E-state index in [-0.39, 0.29) is 23.7 Å². The summed E-state index contributed by atoms with van der Waals surface area (Å²) < 4.78 is 0. The van der Waals surface area contributed by atoms with Crippen molar-refractivity contribution in [2.75, 3.05) is 6.54 Å². The van der Waals surface area contributed by atoms with Gasteiger partial charge in [0.25, 0.3) is 0 Å². The molecule has 0 saturated carbocycles. The van der Waals surface area contributed by atoms with Crippen molar-refractivity contribution in [3.8, 4) is 0 Å². The van der Waals surface area contributed by atoms with E-state index in [0.717, 1.165) is 12.8 Å². The van der Waals surface area contributed by atoms with Gasteiger partial charge in [0.15, 0.2) is 0 Å². The van der Waals surface area contributed by atoms with Crippen LogP contribution in [0, 0.1) is 5.92 Å². The lowest BCUT2D eigenvalue weighted by molar-refractivity contribution is -0.129. The number of nitrogens with two attached hydrogens (primary N) is 1. The van der Waals surface area contributed by atoms with Crippen molar-refractivity contribution in [3.63, 3.8) is 0 Å². The number of hydrogen-bond donors (Lipinski definition) is 1. The monoisotopic (exact) mass is 226 g/mol. The van der Waals surface area contributed by atoms with Crippen molar-refractivity contribution in [3.05, 3.63) is 0 Å². The van der Waals surface area contributed by atoms with E-state index in [2.05, 4.69) is 11.8 Å². The van der Waals surface area contributed by atoms with E-state index in [0.29, 0.717) is 19.0 Å². The van der Waals surface area contributed by atoms with Crippen LogP contribution in [0.25, 0.3) is 0 Å². The molecule has 1 rings (SSSR count). The number of Topliss-reactive ketones (excluding diaryl/α,β-unsaturated/α-hetero) is 1. The topological polar surface area (TPSA) is 63.4 Å². The van der Waals surface area contributed by atoms with E-state index in [1.54, 1.807) is 0 Å². The zero-order chi connectivity index (χ0) is 12.3. The molecular weight excluding hydrogens is 204 g/mol. The minimum absolute atomic E-state index is 0.0942. The molecule has 0 aromatic rings. The summed E-state index contributed by atoms with van der Waals surface area (Å²) in [5.74, 6) is -0.103. The van der Waals surface area contributed by atoms with Gasteiger partial charge in [-0.05, 0) is 26.7 Å². The van der Waals surface area contributed by atoms with Gasteiger partial charge >= 0.3 is 0 Å². The smallest absolute Gasteiger partial charge is 0.221 e. The van der Waals surface area contributed by atoms with E-state index < -0.39 is 0 Å². The molecule has 1 saturated heterocycles. The fourth-order valence-corrected chi connectivity index (χ4v) is 2.39. The van der Waals surface area contributed by atoms with Gasteiger partial charge in [0, 0.05) is 19.0 Å². The highest BCUT2D eigenvalue weighted by molar-refractivity contribution is 5.83. The minimum Gasteiger partial charge on any atom is -0.369 e. The molecule has 0 spiro atoms. The van der Waals surface area contributed by atoms with Crippen LogP contribution < -0.4 is 5.73 Å². The first kappa shape index (κ1) is 13.2. The Kier molecular flexibility index (Phi) is 4.47. The Bertz CT molecular complexity index is 278. The van der Waals surface area contributed by atoms with Crippen LogP contribution in [-0.4, -0.2) is 35.2 Å². The first-order chi connectivity index (χ1) is 7.47. The lowest BCUT2D eigenvalue weighted by Crippen LogP contribution is -2.51. The maximum atomic E-state index is 11.7. The molecule has 3 atom stereocenters. The second-order valence-electron chi connectivity index (χ2n) is 4.72. The zero-order valence-electron chi connectivity index (χ0n) is 10.4. The predicted octanol–water partition coefficient (Wildman–Crippen LogP) is 0.940. The van der Waals surface area contributed by atoms with Crippen molar-refractivity contribution in [2.45, 2.75) is 52.1 Å². The molecule has 0 bridgehead atoms. The number of amides is 1. The number of carbonyl (C=O) groups is 2. The molecule has 1 fully saturated rings. The fraction of sp³-hybridized carbons (Fsp3) is 0.833. The van der Waals surface area contributed by atoms with Crippen molar-refractivity contribution >= 4 is 11.7 Å². The molecule has 3 unspecified atom stereocenters. The van der Waals surface area contributed by atoms with Crippen LogP contribution in [-0.2, 0) is 9.59 Å². The molecule has 0 aliphatic carbocycles. The van der Waals surface area contributed by atoms with Gasteiger partial charge in [0.1, 0.15) is 5.78 Å². The SMILES string of the molecule is CCC(=O)C(C)N1CC(C(N)=O)CCC1C. The third-order valence-corrected chi connectivity index (χ3v) is 3.64. The maximum Gasteiger partial charge on any atom is 0.221 e. The average molecular weight is 226 g/mol. The van der Waals surface area contributed by atoms with Gasteiger partial charge in [0.2, 0.25) is 5.91 Å². The molecule has 0 radical (unpaired) electrons. The molecule has 1 aliphatic heterocycles. The van der Waals surface area contributed by atoms with Crippen LogP contribution in [0.1, 0.15) is 40.0 Å². The lowest BCUT2D eigenvalue weighted by Gasteiger charge is -2.40. The number of likely N-dealkylation sites (tertiary alicyclic amines) is 1. The molecule has 1 aliphatic rings. The number of ketones is 1. The summed E-state index contributed by atoms with van der Waals surface area (Å²) in [7, 11) is 0. The summed E-state index contributed by atoms with van der Waals surface area (Å²) in [6.45, 7) is 6.53. The highest BCUT2D eigenvalue weighted by atomic mass is 16.1. The summed E-state index contributed by atoms with van der Waals surface area (Å²) >= 11 is 0. The Labute approximate surface area is 97.2 Å². The van der Waals surface area contributed by atoms with Gasteiger partial charge in [-0.3, -0.25) is 14.5 Å². The quantitative estimate of drug-likeness (QED) is 0.776. The van der Waals surface area contributed by atoms with E-state index in [9.17, 15) is 9.59 Å². The summed E-state index contributed by atoms with van der Waals surface area (Å²) in [6.07, 6.45) is 2.33. The van der Waals surface area contributed by atoms with Crippen LogP contribution in [0.4, 0.5) is 0 Å². The van der Waals surface area contributed by atoms with Crippen LogP contribution in [0.2, 0.25) is 0 Å². The lowest BCUT2D eigenvalue weighted by atomic mass is 9.91. The maximum absolute atomic E-state index is 11.7. The van der Waals surface area contributed by atoms with E-state index in [4.69, 9.17) is 5.73 Å². The summed E-state index contributed by atoms with van der Waals surface area (Å²) in [6, 6.07) is 0.267. The zero-order valence-corrected chi connectivity index (χ0v) is 10.4. The molecule has 92 valence electrons. The van der Waals surface area contributed by atoms with Gasteiger partial charge in [0.05, 0.1) is 12.0 Å². The van der Waals surface area contributed by atoms with Crippen LogP contribution in [0.15, 0.2) is 0 Å². The molecule has 4 heteroatoms. The standard InChI is InChI=1S/C12H22N2O2/c1-4-11(15)9(3)14-7-10(12(13)16)6-5-8(14)2/h8-10H,4-7H2,1-3H3,(H2,13,16). The minimum atomic E-state index is -0.243. The van der Waals surface area contributed by atoms with Crippen molar-refractivity contribution < 1.29 is 9.59 Å². The Morgan fingerprint density at radius 3 is 2.56 bits per heavy atom. The summed E-state index contributed by atoms with van der Waals surface area (Å²) in [5.41, 5.74) is 5.33. The Morgan fingerprint density at radius 2 is 2.06 bits per heavy atom. The van der Waals surface area contributed by atoms with Crippen molar-refractivity contribution in [1.82, 2.24) is 4.90 Å². The van der Waals surface area contributed by atoms with Gasteiger partial charge in [-0.15, -0.1) is 0 Å². The molecule has 16 heavy (non-hydrogen) atoms. The highest BCUT2D eigenvalue weighted by Gasteiger charge is 2.33. The van der Waals surface area contributed by atoms with Crippen molar-refractivity contribution in [1.29, 1.82) is 0 Å². The molecule has 0 aromatic carbocycles. The third-order valence-electron chi connectivity index (χ3n) is 3.64. The highest BCUT2D eigenvalue weighted by Crippen LogP contribution is 2.24. The largest absolute Gasteiger partial charge is 0.369 e.